The number of rotatable bonds is 8. The van der Waals surface area contributed by atoms with Gasteiger partial charge in [-0.2, -0.15) is 0 Å². The number of halogens is 1. The number of benzene rings is 2. The lowest BCUT2D eigenvalue weighted by Gasteiger charge is -2.22. The topological polar surface area (TPSA) is 69.0 Å². The summed E-state index contributed by atoms with van der Waals surface area (Å²) in [5, 5.41) is 0.519. The average molecular weight is 440 g/mol. The highest BCUT2D eigenvalue weighted by molar-refractivity contribution is 6.33. The number of methoxy groups -OCH3 is 1. The molecule has 1 amide bonds. The Bertz CT molecular complexity index is 1070. The Balaban J connectivity index is 1.36. The van der Waals surface area contributed by atoms with E-state index < -0.39 is 5.97 Å². The van der Waals surface area contributed by atoms with Gasteiger partial charge in [-0.15, -0.1) is 0 Å². The molecule has 0 spiro atoms. The molecule has 0 N–H and O–H groups in total. The Morgan fingerprint density at radius 1 is 1.06 bits per heavy atom. The lowest BCUT2D eigenvalue weighted by atomic mass is 10.2. The SMILES string of the molecule is COc1ccc(CN(C(=O)COC(=O)c2ccc(-c3ccccc3Cl)o2)C2CC2)cc1. The second kappa shape index (κ2) is 9.27. The molecule has 0 atom stereocenters. The lowest BCUT2D eigenvalue weighted by Crippen LogP contribution is -2.36. The van der Waals surface area contributed by atoms with Gasteiger partial charge in [0.2, 0.25) is 5.76 Å². The number of carbonyl (C=O) groups excluding carboxylic acids is 2. The Morgan fingerprint density at radius 2 is 1.81 bits per heavy atom. The third kappa shape index (κ3) is 5.09. The molecule has 160 valence electrons. The Hall–Kier alpha value is -3.25. The summed E-state index contributed by atoms with van der Waals surface area (Å²) in [6.45, 7) is 0.121. The van der Waals surface area contributed by atoms with Crippen molar-refractivity contribution in [3.05, 3.63) is 77.0 Å². The maximum atomic E-state index is 12.7. The van der Waals surface area contributed by atoms with Crippen molar-refractivity contribution in [2.75, 3.05) is 13.7 Å². The molecule has 1 saturated carbocycles. The predicted molar refractivity (Wildman–Crippen MR) is 116 cm³/mol. The zero-order chi connectivity index (χ0) is 21.8. The van der Waals surface area contributed by atoms with Gasteiger partial charge in [-0.1, -0.05) is 35.9 Å². The van der Waals surface area contributed by atoms with Crippen LogP contribution in [-0.4, -0.2) is 36.5 Å². The van der Waals surface area contributed by atoms with Crippen LogP contribution in [0.4, 0.5) is 0 Å². The molecule has 7 heteroatoms. The molecule has 1 aliphatic rings. The van der Waals surface area contributed by atoms with Crippen LogP contribution in [0.1, 0.15) is 29.0 Å². The molecule has 0 saturated heterocycles. The molecule has 1 aromatic heterocycles. The zero-order valence-electron chi connectivity index (χ0n) is 17.0. The number of hydrogen-bond acceptors (Lipinski definition) is 5. The van der Waals surface area contributed by atoms with Crippen LogP contribution in [-0.2, 0) is 16.1 Å². The molecule has 4 rings (SSSR count). The first-order valence-corrected chi connectivity index (χ1v) is 10.4. The van der Waals surface area contributed by atoms with Crippen molar-refractivity contribution in [3.63, 3.8) is 0 Å². The van der Waals surface area contributed by atoms with E-state index in [1.165, 1.54) is 6.07 Å². The second-order valence-corrected chi connectivity index (χ2v) is 7.73. The number of esters is 1. The molecule has 0 bridgehead atoms. The fourth-order valence-electron chi connectivity index (χ4n) is 3.27. The molecule has 0 unspecified atom stereocenters. The summed E-state index contributed by atoms with van der Waals surface area (Å²) < 4.78 is 16.0. The minimum atomic E-state index is -0.688. The normalized spacial score (nSPS) is 13.0. The van der Waals surface area contributed by atoms with Gasteiger partial charge in [0.15, 0.2) is 6.61 Å². The van der Waals surface area contributed by atoms with Gasteiger partial charge in [-0.3, -0.25) is 4.79 Å². The van der Waals surface area contributed by atoms with E-state index in [0.717, 1.165) is 24.2 Å². The van der Waals surface area contributed by atoms with E-state index in [2.05, 4.69) is 0 Å². The number of furan rings is 1. The van der Waals surface area contributed by atoms with E-state index >= 15 is 0 Å². The van der Waals surface area contributed by atoms with Crippen molar-refractivity contribution in [2.24, 2.45) is 0 Å². The van der Waals surface area contributed by atoms with E-state index in [4.69, 9.17) is 25.5 Å². The van der Waals surface area contributed by atoms with Crippen LogP contribution in [0, 0.1) is 0 Å². The summed E-state index contributed by atoms with van der Waals surface area (Å²) in [7, 11) is 1.61. The number of ether oxygens (including phenoxy) is 2. The highest BCUT2D eigenvalue weighted by Gasteiger charge is 2.33. The monoisotopic (exact) mass is 439 g/mol. The van der Waals surface area contributed by atoms with Crippen molar-refractivity contribution in [2.45, 2.75) is 25.4 Å². The van der Waals surface area contributed by atoms with Crippen molar-refractivity contribution in [1.82, 2.24) is 4.90 Å². The van der Waals surface area contributed by atoms with Gasteiger partial charge >= 0.3 is 5.97 Å². The first-order chi connectivity index (χ1) is 15.0. The zero-order valence-corrected chi connectivity index (χ0v) is 17.8. The lowest BCUT2D eigenvalue weighted by molar-refractivity contribution is -0.135. The number of amides is 1. The molecule has 31 heavy (non-hydrogen) atoms. The molecular weight excluding hydrogens is 418 g/mol. The Morgan fingerprint density at radius 3 is 2.48 bits per heavy atom. The number of nitrogens with zero attached hydrogens (tertiary/aromatic N) is 1. The summed E-state index contributed by atoms with van der Waals surface area (Å²) in [6, 6.07) is 18.1. The van der Waals surface area contributed by atoms with E-state index in [9.17, 15) is 9.59 Å². The summed E-state index contributed by atoms with van der Waals surface area (Å²) in [5.41, 5.74) is 1.67. The predicted octanol–water partition coefficient (Wildman–Crippen LogP) is 4.96. The van der Waals surface area contributed by atoms with Crippen LogP contribution in [0.3, 0.4) is 0 Å². The van der Waals surface area contributed by atoms with Gasteiger partial charge in [0.25, 0.3) is 5.91 Å². The quantitative estimate of drug-likeness (QED) is 0.464. The number of hydrogen-bond donors (Lipinski definition) is 0. The third-order valence-corrected chi connectivity index (χ3v) is 5.42. The molecule has 1 fully saturated rings. The summed E-state index contributed by atoms with van der Waals surface area (Å²) >= 11 is 6.17. The van der Waals surface area contributed by atoms with Crippen molar-refractivity contribution < 1.29 is 23.5 Å². The smallest absolute Gasteiger partial charge is 0.374 e. The van der Waals surface area contributed by atoms with E-state index in [0.29, 0.717) is 22.9 Å². The van der Waals surface area contributed by atoms with Crippen LogP contribution in [0.2, 0.25) is 5.02 Å². The summed E-state index contributed by atoms with van der Waals surface area (Å²) in [4.78, 5) is 26.9. The molecule has 2 aromatic carbocycles. The molecule has 6 nitrogen and oxygen atoms in total. The maximum absolute atomic E-state index is 12.7. The molecule has 1 heterocycles. The van der Waals surface area contributed by atoms with E-state index in [1.807, 2.05) is 36.4 Å². The molecular formula is C24H22ClNO5. The summed E-state index contributed by atoms with van der Waals surface area (Å²) in [6.07, 6.45) is 1.91. The van der Waals surface area contributed by atoms with Crippen LogP contribution in [0.25, 0.3) is 11.3 Å². The van der Waals surface area contributed by atoms with Gasteiger partial charge in [0, 0.05) is 18.2 Å². The minimum absolute atomic E-state index is 0.0239. The summed E-state index contributed by atoms with van der Waals surface area (Å²) in [5.74, 6) is 0.326. The van der Waals surface area contributed by atoms with Crippen molar-refractivity contribution >= 4 is 23.5 Å². The molecule has 0 aliphatic heterocycles. The molecule has 0 radical (unpaired) electrons. The second-order valence-electron chi connectivity index (χ2n) is 7.32. The van der Waals surface area contributed by atoms with Crippen molar-refractivity contribution in [3.8, 4) is 17.1 Å². The van der Waals surface area contributed by atoms with E-state index in [-0.39, 0.29) is 24.3 Å². The van der Waals surface area contributed by atoms with Crippen molar-refractivity contribution in [1.29, 1.82) is 0 Å². The Labute approximate surface area is 185 Å². The van der Waals surface area contributed by atoms with Crippen LogP contribution in [0.5, 0.6) is 5.75 Å². The average Bonchev–Trinajstić information content (AvgIpc) is 3.52. The van der Waals surface area contributed by atoms with Crippen LogP contribution >= 0.6 is 11.6 Å². The standard InChI is InChI=1S/C24H22ClNO5/c1-29-18-10-6-16(7-11-18)14-26(17-8-9-17)23(27)15-30-24(28)22-13-12-21(31-22)19-4-2-3-5-20(19)25/h2-7,10-13,17H,8-9,14-15H2,1H3. The first-order valence-electron chi connectivity index (χ1n) is 9.99. The fraction of sp³-hybridized carbons (Fsp3) is 0.250. The van der Waals surface area contributed by atoms with Crippen LogP contribution < -0.4 is 4.74 Å². The fourth-order valence-corrected chi connectivity index (χ4v) is 3.50. The Kier molecular flexibility index (Phi) is 6.28. The van der Waals surface area contributed by atoms with Gasteiger partial charge in [0.1, 0.15) is 11.5 Å². The maximum Gasteiger partial charge on any atom is 0.374 e. The molecule has 1 aliphatic carbocycles. The third-order valence-electron chi connectivity index (χ3n) is 5.09. The van der Waals surface area contributed by atoms with E-state index in [1.54, 1.807) is 30.2 Å². The largest absolute Gasteiger partial charge is 0.497 e. The first kappa shape index (κ1) is 21.0. The van der Waals surface area contributed by atoms with Gasteiger partial charge < -0.3 is 18.8 Å². The minimum Gasteiger partial charge on any atom is -0.497 e. The highest BCUT2D eigenvalue weighted by Crippen LogP contribution is 2.30. The van der Waals surface area contributed by atoms with Crippen LogP contribution in [0.15, 0.2) is 65.1 Å². The number of carbonyl (C=O) groups is 2. The van der Waals surface area contributed by atoms with Gasteiger partial charge in [-0.25, -0.2) is 4.79 Å². The highest BCUT2D eigenvalue weighted by atomic mass is 35.5. The molecule has 3 aromatic rings. The van der Waals surface area contributed by atoms with Gasteiger partial charge in [0.05, 0.1) is 12.1 Å². The van der Waals surface area contributed by atoms with Gasteiger partial charge in [-0.05, 0) is 54.8 Å².